The fourth-order valence-electron chi connectivity index (χ4n) is 3.04. The molecule has 0 bridgehead atoms. The summed E-state index contributed by atoms with van der Waals surface area (Å²) in [5.74, 6) is 0.843. The Hall–Kier alpha value is -3.07. The normalized spacial score (nSPS) is 11.0. The molecule has 2 aromatic heterocycles. The predicted molar refractivity (Wildman–Crippen MR) is 95.7 cm³/mol. The quantitative estimate of drug-likeness (QED) is 0.576. The van der Waals surface area contributed by atoms with Crippen molar-refractivity contribution in [3.63, 3.8) is 0 Å². The van der Waals surface area contributed by atoms with E-state index in [4.69, 9.17) is 4.74 Å². The van der Waals surface area contributed by atoms with Crippen molar-refractivity contribution in [2.75, 3.05) is 7.11 Å². The maximum atomic E-state index is 5.24. The highest BCUT2D eigenvalue weighted by molar-refractivity contribution is 6.11. The van der Waals surface area contributed by atoms with Gasteiger partial charge < -0.3 is 9.72 Å². The highest BCUT2D eigenvalue weighted by atomic mass is 16.5. The topological polar surface area (TPSA) is 37.9 Å². The molecule has 1 N–H and O–H groups in total. The number of benzene rings is 2. The molecule has 4 rings (SSSR count). The number of aromatic amines is 1. The third-order valence-corrected chi connectivity index (χ3v) is 4.17. The molecule has 0 radical (unpaired) electrons. The molecule has 2 heterocycles. The number of nitrogens with zero attached hydrogens (tertiary/aromatic N) is 1. The molecule has 112 valence electrons. The first-order valence-corrected chi connectivity index (χ1v) is 7.48. The number of H-pyrrole nitrogens is 1. The molecule has 0 aliphatic heterocycles. The van der Waals surface area contributed by atoms with Gasteiger partial charge in [0.2, 0.25) is 0 Å². The van der Waals surface area contributed by atoms with Crippen LogP contribution in [0.5, 0.6) is 5.75 Å². The van der Waals surface area contributed by atoms with Crippen LogP contribution in [0.2, 0.25) is 0 Å². The van der Waals surface area contributed by atoms with Crippen LogP contribution >= 0.6 is 0 Å². The van der Waals surface area contributed by atoms with Gasteiger partial charge in [0, 0.05) is 28.0 Å². The van der Waals surface area contributed by atoms with Gasteiger partial charge in [-0.25, -0.2) is 4.98 Å². The lowest BCUT2D eigenvalue weighted by molar-refractivity contribution is 0.415. The Morgan fingerprint density at radius 3 is 2.61 bits per heavy atom. The van der Waals surface area contributed by atoms with Crippen LogP contribution in [0.3, 0.4) is 0 Å². The highest BCUT2D eigenvalue weighted by Gasteiger charge is 2.13. The SMILES string of the molecule is C=Cc1c(-c2ccc(OC)cc2)cnc2[nH]c3ccccc3c12. The third-order valence-electron chi connectivity index (χ3n) is 4.17. The van der Waals surface area contributed by atoms with E-state index in [0.29, 0.717) is 0 Å². The monoisotopic (exact) mass is 300 g/mol. The Bertz CT molecular complexity index is 1010. The molecule has 3 heteroatoms. The average Bonchev–Trinajstić information content (AvgIpc) is 2.99. The Morgan fingerprint density at radius 2 is 1.87 bits per heavy atom. The largest absolute Gasteiger partial charge is 0.497 e. The van der Waals surface area contributed by atoms with Crippen molar-refractivity contribution >= 4 is 28.0 Å². The Morgan fingerprint density at radius 1 is 1.09 bits per heavy atom. The molecular weight excluding hydrogens is 284 g/mol. The van der Waals surface area contributed by atoms with Crippen LogP contribution in [0.15, 0.2) is 61.3 Å². The van der Waals surface area contributed by atoms with Gasteiger partial charge >= 0.3 is 0 Å². The van der Waals surface area contributed by atoms with E-state index < -0.39 is 0 Å². The zero-order chi connectivity index (χ0) is 15.8. The minimum Gasteiger partial charge on any atom is -0.497 e. The van der Waals surface area contributed by atoms with E-state index in [1.807, 2.05) is 48.7 Å². The van der Waals surface area contributed by atoms with Crippen LogP contribution in [0.4, 0.5) is 0 Å². The molecule has 0 aliphatic carbocycles. The maximum Gasteiger partial charge on any atom is 0.138 e. The number of hydrogen-bond acceptors (Lipinski definition) is 2. The number of fused-ring (bicyclic) bond motifs is 3. The van der Waals surface area contributed by atoms with E-state index in [0.717, 1.165) is 39.0 Å². The fraction of sp³-hybridized carbons (Fsp3) is 0.0500. The molecule has 3 nitrogen and oxygen atoms in total. The molecule has 23 heavy (non-hydrogen) atoms. The zero-order valence-corrected chi connectivity index (χ0v) is 12.8. The van der Waals surface area contributed by atoms with Crippen LogP contribution in [0, 0.1) is 0 Å². The van der Waals surface area contributed by atoms with Crippen molar-refractivity contribution in [1.82, 2.24) is 9.97 Å². The molecule has 0 aliphatic rings. The molecule has 0 saturated carbocycles. The second-order valence-electron chi connectivity index (χ2n) is 5.41. The summed E-state index contributed by atoms with van der Waals surface area (Å²) >= 11 is 0. The van der Waals surface area contributed by atoms with Gasteiger partial charge in [0.25, 0.3) is 0 Å². The van der Waals surface area contributed by atoms with E-state index >= 15 is 0 Å². The summed E-state index contributed by atoms with van der Waals surface area (Å²) < 4.78 is 5.24. The van der Waals surface area contributed by atoms with Gasteiger partial charge in [-0.1, -0.05) is 43.0 Å². The van der Waals surface area contributed by atoms with E-state index in [1.165, 1.54) is 5.39 Å². The number of para-hydroxylation sites is 1. The lowest BCUT2D eigenvalue weighted by Gasteiger charge is -2.08. The molecule has 0 saturated heterocycles. The van der Waals surface area contributed by atoms with E-state index in [9.17, 15) is 0 Å². The second-order valence-corrected chi connectivity index (χ2v) is 5.41. The van der Waals surface area contributed by atoms with Crippen LogP contribution < -0.4 is 4.74 Å². The predicted octanol–water partition coefficient (Wildman–Crippen LogP) is 5.03. The minimum atomic E-state index is 0.843. The number of rotatable bonds is 3. The van der Waals surface area contributed by atoms with Crippen LogP contribution in [-0.4, -0.2) is 17.1 Å². The highest BCUT2D eigenvalue weighted by Crippen LogP contribution is 2.34. The number of ether oxygens (including phenoxy) is 1. The number of hydrogen-bond donors (Lipinski definition) is 1. The van der Waals surface area contributed by atoms with Crippen molar-refractivity contribution in [3.8, 4) is 16.9 Å². The van der Waals surface area contributed by atoms with Gasteiger partial charge in [-0.2, -0.15) is 0 Å². The summed E-state index contributed by atoms with van der Waals surface area (Å²) in [6.45, 7) is 4.02. The Kier molecular flexibility index (Phi) is 3.12. The van der Waals surface area contributed by atoms with Gasteiger partial charge in [-0.05, 0) is 29.3 Å². The third kappa shape index (κ3) is 2.09. The van der Waals surface area contributed by atoms with Crippen molar-refractivity contribution in [2.24, 2.45) is 0 Å². The minimum absolute atomic E-state index is 0.843. The smallest absolute Gasteiger partial charge is 0.138 e. The molecule has 4 aromatic rings. The maximum absolute atomic E-state index is 5.24. The number of nitrogens with one attached hydrogen (secondary N) is 1. The summed E-state index contributed by atoms with van der Waals surface area (Å²) in [6, 6.07) is 16.3. The van der Waals surface area contributed by atoms with Crippen LogP contribution in [0.1, 0.15) is 5.56 Å². The summed E-state index contributed by atoms with van der Waals surface area (Å²) in [6.07, 6.45) is 3.81. The lowest BCUT2D eigenvalue weighted by atomic mass is 9.98. The van der Waals surface area contributed by atoms with Gasteiger partial charge in [-0.3, -0.25) is 0 Å². The Labute approximate surface area is 134 Å². The molecular formula is C20H16N2O. The second kappa shape index (κ2) is 5.29. The standard InChI is InChI=1S/C20H16N2O/c1-3-15-17(13-8-10-14(23-2)11-9-13)12-21-20-19(15)16-6-4-5-7-18(16)22-20/h3-12H,1H2,2H3,(H,21,22). The van der Waals surface area contributed by atoms with Crippen molar-refractivity contribution in [1.29, 1.82) is 0 Å². The first kappa shape index (κ1) is 13.6. The fourth-order valence-corrected chi connectivity index (χ4v) is 3.04. The van der Waals surface area contributed by atoms with E-state index in [1.54, 1.807) is 7.11 Å². The van der Waals surface area contributed by atoms with Crippen molar-refractivity contribution < 1.29 is 4.74 Å². The molecule has 0 amide bonds. The van der Waals surface area contributed by atoms with Crippen molar-refractivity contribution in [3.05, 3.63) is 66.9 Å². The molecule has 2 aromatic carbocycles. The lowest BCUT2D eigenvalue weighted by Crippen LogP contribution is -1.89. The molecule has 0 atom stereocenters. The summed E-state index contributed by atoms with van der Waals surface area (Å²) in [5.41, 5.74) is 5.24. The van der Waals surface area contributed by atoms with E-state index in [-0.39, 0.29) is 0 Å². The first-order chi connectivity index (χ1) is 11.3. The first-order valence-electron chi connectivity index (χ1n) is 7.48. The molecule has 0 unspecified atom stereocenters. The summed E-state index contributed by atoms with van der Waals surface area (Å²) in [5, 5.41) is 2.28. The summed E-state index contributed by atoms with van der Waals surface area (Å²) in [7, 11) is 1.67. The summed E-state index contributed by atoms with van der Waals surface area (Å²) in [4.78, 5) is 7.98. The van der Waals surface area contributed by atoms with Crippen LogP contribution in [0.25, 0.3) is 39.1 Å². The molecule has 0 spiro atoms. The number of pyridine rings is 1. The zero-order valence-electron chi connectivity index (χ0n) is 12.8. The Balaban J connectivity index is 2.03. The average molecular weight is 300 g/mol. The van der Waals surface area contributed by atoms with Gasteiger partial charge in [0.15, 0.2) is 0 Å². The van der Waals surface area contributed by atoms with E-state index in [2.05, 4.69) is 28.7 Å². The molecule has 0 fully saturated rings. The van der Waals surface area contributed by atoms with Gasteiger partial charge in [0.05, 0.1) is 7.11 Å². The number of methoxy groups -OCH3 is 1. The van der Waals surface area contributed by atoms with Gasteiger partial charge in [-0.15, -0.1) is 0 Å². The van der Waals surface area contributed by atoms with Crippen molar-refractivity contribution in [2.45, 2.75) is 0 Å². The van der Waals surface area contributed by atoms with Crippen LogP contribution in [-0.2, 0) is 0 Å². The van der Waals surface area contributed by atoms with Gasteiger partial charge in [0.1, 0.15) is 11.4 Å². The number of aromatic nitrogens is 2.